The minimum absolute atomic E-state index is 0.103. The number of carbonyl (C=O) groups is 3. The average Bonchev–Trinajstić information content (AvgIpc) is 3.28. The van der Waals surface area contributed by atoms with Gasteiger partial charge in [-0.05, 0) is 44.7 Å². The molecule has 1 saturated heterocycles. The summed E-state index contributed by atoms with van der Waals surface area (Å²) in [5.74, 6) is -0.747. The fraction of sp³-hybridized carbons (Fsp3) is 0.556. The summed E-state index contributed by atoms with van der Waals surface area (Å²) in [4.78, 5) is 44.6. The molecule has 2 heterocycles. The van der Waals surface area contributed by atoms with Gasteiger partial charge in [0.2, 0.25) is 11.8 Å². The maximum atomic E-state index is 12.6. The number of aliphatic hydroxyl groups is 1. The van der Waals surface area contributed by atoms with Gasteiger partial charge in [0.15, 0.2) is 5.78 Å². The van der Waals surface area contributed by atoms with Crippen LogP contribution in [0.3, 0.4) is 0 Å². The second-order valence-corrected chi connectivity index (χ2v) is 11.0. The van der Waals surface area contributed by atoms with E-state index in [1.807, 2.05) is 43.6 Å². The van der Waals surface area contributed by atoms with E-state index in [1.165, 1.54) is 4.90 Å². The number of hydrogen-bond acceptors (Lipinski definition) is 7. The van der Waals surface area contributed by atoms with Crippen LogP contribution in [-0.2, 0) is 25.7 Å². The molecule has 0 spiro atoms. The van der Waals surface area contributed by atoms with Gasteiger partial charge in [0.25, 0.3) is 0 Å². The van der Waals surface area contributed by atoms with Crippen molar-refractivity contribution < 1.29 is 24.2 Å². The van der Waals surface area contributed by atoms with E-state index in [-0.39, 0.29) is 36.9 Å². The van der Waals surface area contributed by atoms with Gasteiger partial charge in [-0.2, -0.15) is 0 Å². The Morgan fingerprint density at radius 3 is 2.44 bits per heavy atom. The lowest BCUT2D eigenvalue weighted by Crippen LogP contribution is -2.55. The number of thiazole rings is 1. The van der Waals surface area contributed by atoms with Crippen molar-refractivity contribution in [3.05, 3.63) is 41.0 Å². The van der Waals surface area contributed by atoms with Crippen molar-refractivity contribution >= 4 is 28.9 Å². The number of aromatic nitrogens is 1. The molecule has 8 nitrogen and oxygen atoms in total. The second-order valence-electron chi connectivity index (χ2n) is 10.1. The van der Waals surface area contributed by atoms with Crippen LogP contribution in [-0.4, -0.2) is 65.0 Å². The summed E-state index contributed by atoms with van der Waals surface area (Å²) in [7, 11) is 1.63. The van der Waals surface area contributed by atoms with Gasteiger partial charge in [-0.3, -0.25) is 14.4 Å². The smallest absolute Gasteiger partial charge is 0.233 e. The summed E-state index contributed by atoms with van der Waals surface area (Å²) in [6.45, 7) is 8.44. The Balaban J connectivity index is 1.39. The summed E-state index contributed by atoms with van der Waals surface area (Å²) in [6.07, 6.45) is -0.113. The van der Waals surface area contributed by atoms with Crippen LogP contribution in [0.5, 0.6) is 0 Å². The minimum atomic E-state index is -0.776. The zero-order valence-electron chi connectivity index (χ0n) is 21.7. The van der Waals surface area contributed by atoms with E-state index in [0.29, 0.717) is 19.8 Å². The Labute approximate surface area is 217 Å². The predicted octanol–water partition coefficient (Wildman–Crippen LogP) is 3.35. The van der Waals surface area contributed by atoms with Gasteiger partial charge in [0.1, 0.15) is 0 Å². The molecule has 0 unspecified atom stereocenters. The van der Waals surface area contributed by atoms with Crippen LogP contribution in [0.1, 0.15) is 51.3 Å². The molecule has 1 aromatic carbocycles. The summed E-state index contributed by atoms with van der Waals surface area (Å²) >= 11 is 1.60. The van der Waals surface area contributed by atoms with Crippen LogP contribution in [0, 0.1) is 18.3 Å². The zero-order valence-corrected chi connectivity index (χ0v) is 22.6. The third-order valence-corrected chi connectivity index (χ3v) is 7.93. The molecule has 0 aliphatic carbocycles. The van der Waals surface area contributed by atoms with Crippen molar-refractivity contribution in [2.75, 3.05) is 20.3 Å². The molecule has 0 bridgehead atoms. The van der Waals surface area contributed by atoms with Crippen LogP contribution in [0.25, 0.3) is 10.4 Å². The molecule has 36 heavy (non-hydrogen) atoms. The maximum absolute atomic E-state index is 12.6. The van der Waals surface area contributed by atoms with Gasteiger partial charge >= 0.3 is 0 Å². The van der Waals surface area contributed by atoms with Crippen LogP contribution in [0.15, 0.2) is 29.8 Å². The second kappa shape index (κ2) is 12.1. The first-order valence-corrected chi connectivity index (χ1v) is 13.2. The number of Topliss-reactive ketones (excluding diaryl/α,β-unsaturated/α-hetero) is 1. The van der Waals surface area contributed by atoms with Gasteiger partial charge in [-0.1, -0.05) is 31.2 Å². The molecule has 1 aromatic heterocycles. The first kappa shape index (κ1) is 28.0. The van der Waals surface area contributed by atoms with Crippen molar-refractivity contribution in [1.82, 2.24) is 15.2 Å². The normalized spacial score (nSPS) is 16.9. The molecule has 2 aromatic rings. The molecule has 0 radical (unpaired) electrons. The highest BCUT2D eigenvalue weighted by atomic mass is 32.1. The number of nitrogens with one attached hydrogen (secondary N) is 1. The SMILES string of the molecule is Cc1ncsc1-c1ccc(CNC(=O)[C@@H](C)C[C@@H](O)CCC(=O)[C@H](C)N(C)C(=O)C2(C)COC2)cc1. The van der Waals surface area contributed by atoms with Gasteiger partial charge in [0.05, 0.1) is 46.9 Å². The standard InChI is InChI=1S/C27H37N3O5S/c1-17(25(33)28-13-20-6-8-21(9-7-20)24-18(2)29-16-36-24)12-22(31)10-11-23(32)19(3)30(5)26(34)27(4)14-35-15-27/h6-9,16-17,19,22,31H,10-15H2,1-5H3,(H,28,33)/t17-,19-,22-/m0/s1. The minimum Gasteiger partial charge on any atom is -0.393 e. The topological polar surface area (TPSA) is 109 Å². The lowest BCUT2D eigenvalue weighted by Gasteiger charge is -2.40. The van der Waals surface area contributed by atoms with Crippen molar-refractivity contribution in [3.8, 4) is 10.4 Å². The molecule has 2 amide bonds. The van der Waals surface area contributed by atoms with Crippen molar-refractivity contribution in [2.24, 2.45) is 11.3 Å². The van der Waals surface area contributed by atoms with Crippen LogP contribution >= 0.6 is 11.3 Å². The Bertz CT molecular complexity index is 1060. The van der Waals surface area contributed by atoms with E-state index in [2.05, 4.69) is 10.3 Å². The van der Waals surface area contributed by atoms with Crippen LogP contribution < -0.4 is 5.32 Å². The predicted molar refractivity (Wildman–Crippen MR) is 139 cm³/mol. The number of benzene rings is 1. The van der Waals surface area contributed by atoms with E-state index in [9.17, 15) is 19.5 Å². The highest BCUT2D eigenvalue weighted by Gasteiger charge is 2.44. The average molecular weight is 516 g/mol. The number of ketones is 1. The molecule has 1 fully saturated rings. The number of likely N-dealkylation sites (N-methyl/N-ethyl adjacent to an activating group) is 1. The Morgan fingerprint density at radius 2 is 1.89 bits per heavy atom. The largest absolute Gasteiger partial charge is 0.393 e. The van der Waals surface area contributed by atoms with Crippen LogP contribution in [0.4, 0.5) is 0 Å². The fourth-order valence-corrected chi connectivity index (χ4v) is 5.03. The molecular weight excluding hydrogens is 478 g/mol. The number of aliphatic hydroxyl groups excluding tert-OH is 1. The van der Waals surface area contributed by atoms with E-state index >= 15 is 0 Å². The van der Waals surface area contributed by atoms with E-state index in [4.69, 9.17) is 4.74 Å². The first-order chi connectivity index (χ1) is 17.0. The number of ether oxygens (including phenoxy) is 1. The quantitative estimate of drug-likeness (QED) is 0.449. The van der Waals surface area contributed by atoms with Gasteiger partial charge in [0, 0.05) is 25.9 Å². The fourth-order valence-electron chi connectivity index (χ4n) is 4.22. The number of rotatable bonds is 12. The van der Waals surface area contributed by atoms with E-state index in [0.717, 1.165) is 21.7 Å². The van der Waals surface area contributed by atoms with Crippen molar-refractivity contribution in [1.29, 1.82) is 0 Å². The maximum Gasteiger partial charge on any atom is 0.233 e. The Morgan fingerprint density at radius 1 is 1.22 bits per heavy atom. The summed E-state index contributed by atoms with van der Waals surface area (Å²) in [5, 5.41) is 13.3. The number of aryl methyl sites for hydroxylation is 1. The Kier molecular flexibility index (Phi) is 9.38. The molecule has 196 valence electrons. The van der Waals surface area contributed by atoms with Gasteiger partial charge < -0.3 is 20.1 Å². The summed E-state index contributed by atoms with van der Waals surface area (Å²) < 4.78 is 5.15. The molecule has 3 atom stereocenters. The molecule has 1 aliphatic rings. The first-order valence-electron chi connectivity index (χ1n) is 12.3. The van der Waals surface area contributed by atoms with Crippen LogP contribution in [0.2, 0.25) is 0 Å². The zero-order chi connectivity index (χ0) is 26.5. The lowest BCUT2D eigenvalue weighted by atomic mass is 9.86. The van der Waals surface area contributed by atoms with Gasteiger partial charge in [-0.25, -0.2) is 4.98 Å². The van der Waals surface area contributed by atoms with Crippen molar-refractivity contribution in [2.45, 2.75) is 65.6 Å². The molecule has 2 N–H and O–H groups in total. The van der Waals surface area contributed by atoms with E-state index < -0.39 is 23.5 Å². The number of carbonyl (C=O) groups excluding carboxylic acids is 3. The number of hydrogen-bond donors (Lipinski definition) is 2. The third kappa shape index (κ3) is 6.78. The summed E-state index contributed by atoms with van der Waals surface area (Å²) in [5.41, 5.74) is 4.36. The number of nitrogens with zero attached hydrogens (tertiary/aromatic N) is 2. The van der Waals surface area contributed by atoms with E-state index in [1.54, 1.807) is 32.2 Å². The van der Waals surface area contributed by atoms with Gasteiger partial charge in [-0.15, -0.1) is 11.3 Å². The van der Waals surface area contributed by atoms with Crippen molar-refractivity contribution in [3.63, 3.8) is 0 Å². The lowest BCUT2D eigenvalue weighted by molar-refractivity contribution is -0.170. The molecule has 1 aliphatic heterocycles. The highest BCUT2D eigenvalue weighted by Crippen LogP contribution is 2.30. The molecule has 0 saturated carbocycles. The molecule has 3 rings (SSSR count). The monoisotopic (exact) mass is 515 g/mol. The summed E-state index contributed by atoms with van der Waals surface area (Å²) in [6, 6.07) is 7.45. The highest BCUT2D eigenvalue weighted by molar-refractivity contribution is 7.13. The Hall–Kier alpha value is -2.62. The number of amides is 2. The molecule has 9 heteroatoms. The molecular formula is C27H37N3O5S. The third-order valence-electron chi connectivity index (χ3n) is 6.95.